The first-order valence-corrected chi connectivity index (χ1v) is 6.13. The van der Waals surface area contributed by atoms with E-state index >= 15 is 0 Å². The minimum Gasteiger partial charge on any atom is -0.490 e. The average molecular weight is 255 g/mol. The monoisotopic (exact) mass is 255 g/mol. The minimum atomic E-state index is -0.537. The molecule has 1 rings (SSSR count). The third-order valence-electron chi connectivity index (χ3n) is 2.23. The number of amides is 1. The molecule has 0 unspecified atom stereocenters. The predicted octanol–water partition coefficient (Wildman–Crippen LogP) is 2.16. The third-order valence-corrected chi connectivity index (χ3v) is 2.23. The molecular formula is C13H21NO4. The highest BCUT2D eigenvalue weighted by Crippen LogP contribution is 2.13. The van der Waals surface area contributed by atoms with Crippen molar-refractivity contribution in [2.75, 3.05) is 6.61 Å². The lowest BCUT2D eigenvalue weighted by atomic mass is 10.1. The van der Waals surface area contributed by atoms with Crippen LogP contribution in [0.15, 0.2) is 11.8 Å². The fraction of sp³-hybridized carbons (Fsp3) is 0.692. The van der Waals surface area contributed by atoms with Crippen molar-refractivity contribution >= 4 is 11.9 Å². The molecule has 1 atom stereocenters. The van der Waals surface area contributed by atoms with Crippen LogP contribution in [0.2, 0.25) is 0 Å². The second-order valence-electron chi connectivity index (χ2n) is 5.38. The maximum atomic E-state index is 11.7. The zero-order valence-electron chi connectivity index (χ0n) is 11.4. The summed E-state index contributed by atoms with van der Waals surface area (Å²) in [4.78, 5) is 23.2. The van der Waals surface area contributed by atoms with Crippen LogP contribution in [0.1, 0.15) is 40.5 Å². The summed E-state index contributed by atoms with van der Waals surface area (Å²) in [5.74, 6) is 0.323. The van der Waals surface area contributed by atoms with E-state index in [1.807, 2.05) is 0 Å². The van der Waals surface area contributed by atoms with Crippen molar-refractivity contribution in [1.29, 1.82) is 0 Å². The Kier molecular flexibility index (Phi) is 4.76. The summed E-state index contributed by atoms with van der Waals surface area (Å²) in [5, 5.41) is 2.63. The van der Waals surface area contributed by atoms with Crippen molar-refractivity contribution in [3.05, 3.63) is 11.8 Å². The fourth-order valence-electron chi connectivity index (χ4n) is 1.55. The van der Waals surface area contributed by atoms with Crippen LogP contribution in [0, 0.1) is 0 Å². The maximum absolute atomic E-state index is 11.7. The first-order valence-electron chi connectivity index (χ1n) is 6.13. The van der Waals surface area contributed by atoms with Crippen molar-refractivity contribution in [1.82, 2.24) is 5.32 Å². The number of alkyl carbamates (subject to hydrolysis) is 1. The number of hydrogen-bond donors (Lipinski definition) is 1. The number of ether oxygens (including phenoxy) is 2. The van der Waals surface area contributed by atoms with E-state index in [0.717, 1.165) is 6.42 Å². The van der Waals surface area contributed by atoms with Crippen LogP contribution in [0.4, 0.5) is 4.79 Å². The summed E-state index contributed by atoms with van der Waals surface area (Å²) in [6, 6.07) is -0.280. The molecule has 1 amide bonds. The van der Waals surface area contributed by atoms with Crippen molar-refractivity contribution in [2.24, 2.45) is 0 Å². The quantitative estimate of drug-likeness (QED) is 0.836. The molecule has 0 aromatic heterocycles. The molecule has 0 fully saturated rings. The third kappa shape index (κ3) is 5.21. The van der Waals surface area contributed by atoms with E-state index in [-0.39, 0.29) is 18.2 Å². The van der Waals surface area contributed by atoms with Crippen LogP contribution in [-0.2, 0) is 14.3 Å². The molecular weight excluding hydrogens is 234 g/mol. The van der Waals surface area contributed by atoms with Crippen molar-refractivity contribution in [3.63, 3.8) is 0 Å². The van der Waals surface area contributed by atoms with Gasteiger partial charge in [-0.25, -0.2) is 4.79 Å². The van der Waals surface area contributed by atoms with Gasteiger partial charge in [0.1, 0.15) is 5.60 Å². The molecule has 0 aliphatic carbocycles. The van der Waals surface area contributed by atoms with E-state index in [1.54, 1.807) is 33.8 Å². The van der Waals surface area contributed by atoms with Gasteiger partial charge in [-0.3, -0.25) is 4.79 Å². The number of hydrogen-bond acceptors (Lipinski definition) is 4. The fourth-order valence-corrected chi connectivity index (χ4v) is 1.55. The van der Waals surface area contributed by atoms with Gasteiger partial charge in [0, 0.05) is 18.9 Å². The molecule has 0 saturated carbocycles. The highest BCUT2D eigenvalue weighted by molar-refractivity contribution is 5.94. The van der Waals surface area contributed by atoms with Crippen LogP contribution in [-0.4, -0.2) is 30.1 Å². The van der Waals surface area contributed by atoms with Crippen molar-refractivity contribution in [3.8, 4) is 0 Å². The molecule has 1 N–H and O–H groups in total. The molecule has 0 aromatic rings. The van der Waals surface area contributed by atoms with Gasteiger partial charge < -0.3 is 14.8 Å². The molecule has 0 spiro atoms. The van der Waals surface area contributed by atoms with E-state index in [9.17, 15) is 9.59 Å². The number of nitrogens with one attached hydrogen (secondary N) is 1. The maximum Gasteiger partial charge on any atom is 0.407 e. The lowest BCUT2D eigenvalue weighted by Gasteiger charge is -2.21. The lowest BCUT2D eigenvalue weighted by Crippen LogP contribution is -2.38. The Bertz CT molecular complexity index is 354. The topological polar surface area (TPSA) is 64.6 Å². The van der Waals surface area contributed by atoms with Gasteiger partial charge in [-0.2, -0.15) is 0 Å². The minimum absolute atomic E-state index is 0.0870. The summed E-state index contributed by atoms with van der Waals surface area (Å²) in [5.41, 5.74) is -0.537. The Labute approximate surface area is 108 Å². The Morgan fingerprint density at radius 2 is 2.17 bits per heavy atom. The molecule has 5 nitrogen and oxygen atoms in total. The molecule has 0 bridgehead atoms. The Morgan fingerprint density at radius 3 is 2.67 bits per heavy atom. The second kappa shape index (κ2) is 5.89. The van der Waals surface area contributed by atoms with E-state index < -0.39 is 11.7 Å². The molecule has 5 heteroatoms. The number of carbonyl (C=O) groups is 2. The van der Waals surface area contributed by atoms with Crippen LogP contribution in [0.5, 0.6) is 0 Å². The SMILES string of the molecule is C[C@H](CC(=O)C1=CCCO1)NC(=O)OC(C)(C)C. The first-order chi connectivity index (χ1) is 8.28. The number of allylic oxidation sites excluding steroid dienone is 1. The van der Waals surface area contributed by atoms with Crippen LogP contribution in [0.3, 0.4) is 0 Å². The van der Waals surface area contributed by atoms with Crippen LogP contribution in [0.25, 0.3) is 0 Å². The molecule has 0 radical (unpaired) electrons. The number of carbonyl (C=O) groups excluding carboxylic acids is 2. The average Bonchev–Trinajstić information content (AvgIpc) is 2.65. The molecule has 1 aliphatic rings. The summed E-state index contributed by atoms with van der Waals surface area (Å²) >= 11 is 0. The van der Waals surface area contributed by atoms with Gasteiger partial charge in [0.15, 0.2) is 11.5 Å². The number of rotatable bonds is 4. The summed E-state index contributed by atoms with van der Waals surface area (Å²) in [6.45, 7) is 7.70. The number of ketones is 1. The molecule has 0 aromatic carbocycles. The number of Topliss-reactive ketones (excluding diaryl/α,β-unsaturated/α-hetero) is 1. The van der Waals surface area contributed by atoms with Crippen LogP contribution < -0.4 is 5.32 Å². The predicted molar refractivity (Wildman–Crippen MR) is 67.1 cm³/mol. The van der Waals surface area contributed by atoms with Gasteiger partial charge in [0.25, 0.3) is 0 Å². The Morgan fingerprint density at radius 1 is 1.50 bits per heavy atom. The van der Waals surface area contributed by atoms with Gasteiger partial charge in [0.05, 0.1) is 6.61 Å². The Hall–Kier alpha value is -1.52. The van der Waals surface area contributed by atoms with Gasteiger partial charge in [-0.1, -0.05) is 0 Å². The zero-order valence-corrected chi connectivity index (χ0v) is 11.4. The van der Waals surface area contributed by atoms with E-state index in [2.05, 4.69) is 5.32 Å². The largest absolute Gasteiger partial charge is 0.490 e. The van der Waals surface area contributed by atoms with Gasteiger partial charge in [-0.15, -0.1) is 0 Å². The van der Waals surface area contributed by atoms with Crippen LogP contribution >= 0.6 is 0 Å². The summed E-state index contributed by atoms with van der Waals surface area (Å²) in [7, 11) is 0. The van der Waals surface area contributed by atoms with E-state index in [4.69, 9.17) is 9.47 Å². The summed E-state index contributed by atoms with van der Waals surface area (Å²) < 4.78 is 10.3. The summed E-state index contributed by atoms with van der Waals surface area (Å²) in [6.07, 6.45) is 2.26. The normalized spacial score (nSPS) is 16.6. The molecule has 1 aliphatic heterocycles. The zero-order chi connectivity index (χ0) is 13.8. The molecule has 0 saturated heterocycles. The molecule has 18 heavy (non-hydrogen) atoms. The van der Waals surface area contributed by atoms with Gasteiger partial charge in [-0.05, 0) is 33.8 Å². The second-order valence-corrected chi connectivity index (χ2v) is 5.38. The molecule has 1 heterocycles. The smallest absolute Gasteiger partial charge is 0.407 e. The van der Waals surface area contributed by atoms with E-state index in [0.29, 0.717) is 12.4 Å². The van der Waals surface area contributed by atoms with Crippen molar-refractivity contribution in [2.45, 2.75) is 52.2 Å². The highest BCUT2D eigenvalue weighted by Gasteiger charge is 2.21. The van der Waals surface area contributed by atoms with Gasteiger partial charge >= 0.3 is 6.09 Å². The molecule has 102 valence electrons. The highest BCUT2D eigenvalue weighted by atomic mass is 16.6. The van der Waals surface area contributed by atoms with Crippen molar-refractivity contribution < 1.29 is 19.1 Å². The van der Waals surface area contributed by atoms with Gasteiger partial charge in [0.2, 0.25) is 0 Å². The lowest BCUT2D eigenvalue weighted by molar-refractivity contribution is -0.118. The first kappa shape index (κ1) is 14.5. The standard InChI is InChI=1S/C13H21NO4/c1-9(14-12(16)18-13(2,3)4)8-10(15)11-6-5-7-17-11/h6,9H,5,7-8H2,1-4H3,(H,14,16)/t9-/m1/s1. The van der Waals surface area contributed by atoms with E-state index in [1.165, 1.54) is 0 Å². The Balaban J connectivity index is 2.35.